The highest BCUT2D eigenvalue weighted by Crippen LogP contribution is 2.41. The molecule has 1 aliphatic carbocycles. The van der Waals surface area contributed by atoms with Crippen molar-refractivity contribution in [3.05, 3.63) is 11.5 Å². The van der Waals surface area contributed by atoms with Crippen LogP contribution in [0.15, 0.2) is 11.5 Å². The lowest BCUT2D eigenvalue weighted by Crippen LogP contribution is -2.62. The lowest BCUT2D eigenvalue weighted by Gasteiger charge is -2.43. The van der Waals surface area contributed by atoms with Crippen LogP contribution in [0.1, 0.15) is 19.8 Å². The first-order valence-corrected chi connectivity index (χ1v) is 8.10. The minimum absolute atomic E-state index is 0.0974. The topological polar surface area (TPSA) is 49.4 Å². The maximum atomic E-state index is 11.5. The molecule has 3 rings (SSSR count). The van der Waals surface area contributed by atoms with Crippen LogP contribution in [0.4, 0.5) is 0 Å². The number of nitrogens with one attached hydrogen (secondary N) is 1. The van der Waals surface area contributed by atoms with Crippen molar-refractivity contribution >= 4 is 9.84 Å². The summed E-state index contributed by atoms with van der Waals surface area (Å²) in [6, 6.07) is 0.0974. The molecule has 0 bridgehead atoms. The molecule has 5 heteroatoms. The Morgan fingerprint density at radius 2 is 2.18 bits per heavy atom. The maximum absolute atomic E-state index is 11.5. The van der Waals surface area contributed by atoms with Crippen molar-refractivity contribution in [3.8, 4) is 0 Å². The predicted molar refractivity (Wildman–Crippen MR) is 67.4 cm³/mol. The minimum atomic E-state index is -2.93. The Labute approximate surface area is 103 Å². The van der Waals surface area contributed by atoms with Gasteiger partial charge in [0.1, 0.15) is 0 Å². The van der Waals surface area contributed by atoms with Gasteiger partial charge in [0, 0.05) is 36.6 Å². The summed E-state index contributed by atoms with van der Waals surface area (Å²) in [6.45, 7) is 5.18. The van der Waals surface area contributed by atoms with Gasteiger partial charge in [-0.3, -0.25) is 4.90 Å². The standard InChI is InChI=1S/C12H20N2O2S/c1-12(10-2-3-10)9-14(6-5-13-12)11-4-7-17(15,16)8-11/h4,7,10-11,13H,2-3,5-6,8-9H2,1H3. The molecular formula is C12H20N2O2S. The first-order chi connectivity index (χ1) is 7.99. The molecule has 0 aromatic rings. The Morgan fingerprint density at radius 3 is 2.76 bits per heavy atom. The van der Waals surface area contributed by atoms with Crippen molar-refractivity contribution in [2.24, 2.45) is 5.92 Å². The Balaban J connectivity index is 1.70. The first kappa shape index (κ1) is 11.7. The van der Waals surface area contributed by atoms with Crippen molar-refractivity contribution < 1.29 is 8.42 Å². The summed E-state index contributed by atoms with van der Waals surface area (Å²) >= 11 is 0. The fourth-order valence-corrected chi connectivity index (χ4v) is 4.44. The average molecular weight is 256 g/mol. The van der Waals surface area contributed by atoms with Crippen LogP contribution in [0, 0.1) is 5.92 Å². The Bertz CT molecular complexity index is 441. The van der Waals surface area contributed by atoms with E-state index in [-0.39, 0.29) is 17.3 Å². The zero-order valence-electron chi connectivity index (χ0n) is 10.2. The van der Waals surface area contributed by atoms with E-state index < -0.39 is 9.84 Å². The second-order valence-electron chi connectivity index (χ2n) is 5.81. The average Bonchev–Trinajstić information content (AvgIpc) is 3.04. The van der Waals surface area contributed by atoms with Crippen LogP contribution in [0.25, 0.3) is 0 Å². The SMILES string of the molecule is CC1(C2CC2)CN(C2C=CS(=O)(=O)C2)CCN1. The Kier molecular flexibility index (Phi) is 2.61. The quantitative estimate of drug-likeness (QED) is 0.775. The molecule has 1 saturated carbocycles. The molecule has 0 aromatic carbocycles. The van der Waals surface area contributed by atoms with Crippen LogP contribution < -0.4 is 5.32 Å². The number of nitrogens with zero attached hydrogens (tertiary/aromatic N) is 1. The zero-order chi connectivity index (χ0) is 12.1. The van der Waals surface area contributed by atoms with E-state index in [1.165, 1.54) is 18.2 Å². The summed E-state index contributed by atoms with van der Waals surface area (Å²) in [7, 11) is -2.93. The molecule has 0 radical (unpaired) electrons. The van der Waals surface area contributed by atoms with Crippen molar-refractivity contribution in [1.29, 1.82) is 0 Å². The summed E-state index contributed by atoms with van der Waals surface area (Å²) in [4.78, 5) is 2.33. The highest BCUT2D eigenvalue weighted by molar-refractivity contribution is 7.94. The third kappa shape index (κ3) is 2.28. The molecule has 1 saturated heterocycles. The molecule has 2 unspecified atom stereocenters. The van der Waals surface area contributed by atoms with E-state index in [9.17, 15) is 8.42 Å². The van der Waals surface area contributed by atoms with E-state index in [0.717, 1.165) is 25.6 Å². The molecule has 1 N–H and O–H groups in total. The van der Waals surface area contributed by atoms with Gasteiger partial charge in [0.15, 0.2) is 9.84 Å². The van der Waals surface area contributed by atoms with Crippen LogP contribution >= 0.6 is 0 Å². The van der Waals surface area contributed by atoms with Gasteiger partial charge in [0.2, 0.25) is 0 Å². The smallest absolute Gasteiger partial charge is 0.173 e. The number of hydrogen-bond donors (Lipinski definition) is 1. The van der Waals surface area contributed by atoms with E-state index >= 15 is 0 Å². The summed E-state index contributed by atoms with van der Waals surface area (Å²) in [6.07, 6.45) is 4.49. The maximum Gasteiger partial charge on any atom is 0.173 e. The summed E-state index contributed by atoms with van der Waals surface area (Å²) in [5.41, 5.74) is 0.193. The third-order valence-electron chi connectivity index (χ3n) is 4.32. The number of piperazine rings is 1. The second-order valence-corrected chi connectivity index (χ2v) is 7.75. The molecule has 2 aliphatic heterocycles. The molecular weight excluding hydrogens is 236 g/mol. The van der Waals surface area contributed by atoms with E-state index in [2.05, 4.69) is 17.1 Å². The van der Waals surface area contributed by atoms with Gasteiger partial charge in [0.25, 0.3) is 0 Å². The molecule has 0 spiro atoms. The summed E-state index contributed by atoms with van der Waals surface area (Å²) < 4.78 is 22.9. The van der Waals surface area contributed by atoms with E-state index in [1.54, 1.807) is 0 Å². The molecule has 17 heavy (non-hydrogen) atoms. The van der Waals surface area contributed by atoms with E-state index in [1.807, 2.05) is 6.08 Å². The monoisotopic (exact) mass is 256 g/mol. The zero-order valence-corrected chi connectivity index (χ0v) is 11.0. The van der Waals surface area contributed by atoms with Crippen molar-refractivity contribution in [1.82, 2.24) is 10.2 Å². The Morgan fingerprint density at radius 1 is 1.41 bits per heavy atom. The number of sulfone groups is 1. The Hall–Kier alpha value is -0.390. The predicted octanol–water partition coefficient (Wildman–Crippen LogP) is 0.371. The van der Waals surface area contributed by atoms with Gasteiger partial charge in [-0.15, -0.1) is 0 Å². The fraction of sp³-hybridized carbons (Fsp3) is 0.833. The van der Waals surface area contributed by atoms with Gasteiger partial charge in [-0.05, 0) is 25.7 Å². The largest absolute Gasteiger partial charge is 0.309 e. The van der Waals surface area contributed by atoms with Crippen LogP contribution in [-0.2, 0) is 9.84 Å². The minimum Gasteiger partial charge on any atom is -0.309 e. The van der Waals surface area contributed by atoms with Crippen molar-refractivity contribution in [3.63, 3.8) is 0 Å². The summed E-state index contributed by atoms with van der Waals surface area (Å²) in [5.74, 6) is 1.06. The number of hydrogen-bond acceptors (Lipinski definition) is 4. The van der Waals surface area contributed by atoms with Gasteiger partial charge in [-0.2, -0.15) is 0 Å². The molecule has 96 valence electrons. The van der Waals surface area contributed by atoms with Crippen LogP contribution in [-0.4, -0.2) is 50.3 Å². The van der Waals surface area contributed by atoms with Crippen molar-refractivity contribution in [2.45, 2.75) is 31.3 Å². The highest BCUT2D eigenvalue weighted by atomic mass is 32.2. The fourth-order valence-electron chi connectivity index (χ4n) is 3.11. The van der Waals surface area contributed by atoms with Crippen LogP contribution in [0.2, 0.25) is 0 Å². The molecule has 4 nitrogen and oxygen atoms in total. The van der Waals surface area contributed by atoms with Gasteiger partial charge >= 0.3 is 0 Å². The van der Waals surface area contributed by atoms with E-state index in [0.29, 0.717) is 0 Å². The lowest BCUT2D eigenvalue weighted by atomic mass is 9.92. The van der Waals surface area contributed by atoms with Gasteiger partial charge in [-0.25, -0.2) is 8.42 Å². The summed E-state index contributed by atoms with van der Waals surface area (Å²) in [5, 5.41) is 5.00. The second kappa shape index (κ2) is 3.80. The van der Waals surface area contributed by atoms with Gasteiger partial charge < -0.3 is 5.32 Å². The van der Waals surface area contributed by atoms with Crippen LogP contribution in [0.3, 0.4) is 0 Å². The highest BCUT2D eigenvalue weighted by Gasteiger charge is 2.45. The normalized spacial score (nSPS) is 41.8. The molecule has 0 aromatic heterocycles. The first-order valence-electron chi connectivity index (χ1n) is 6.39. The number of rotatable bonds is 2. The van der Waals surface area contributed by atoms with Crippen LogP contribution in [0.5, 0.6) is 0 Å². The molecule has 0 amide bonds. The molecule has 2 heterocycles. The molecule has 2 atom stereocenters. The van der Waals surface area contributed by atoms with E-state index in [4.69, 9.17) is 0 Å². The molecule has 3 aliphatic rings. The van der Waals surface area contributed by atoms with Gasteiger partial charge in [0.05, 0.1) is 5.75 Å². The van der Waals surface area contributed by atoms with Crippen molar-refractivity contribution in [2.75, 3.05) is 25.4 Å². The lowest BCUT2D eigenvalue weighted by molar-refractivity contribution is 0.112. The molecule has 2 fully saturated rings. The van der Waals surface area contributed by atoms with Gasteiger partial charge in [-0.1, -0.05) is 6.08 Å². The third-order valence-corrected chi connectivity index (χ3v) is 5.70.